The van der Waals surface area contributed by atoms with Crippen molar-refractivity contribution in [3.05, 3.63) is 65.2 Å². The molecule has 3 aromatic rings. The number of fused-ring (bicyclic) bond motifs is 1. The molecule has 0 saturated heterocycles. The topological polar surface area (TPSA) is 89.7 Å². The first-order valence-electron chi connectivity index (χ1n) is 9.86. The van der Waals surface area contributed by atoms with Crippen LogP contribution in [0.1, 0.15) is 28.9 Å². The van der Waals surface area contributed by atoms with Gasteiger partial charge in [0.05, 0.1) is 6.42 Å². The molecule has 0 bridgehead atoms. The van der Waals surface area contributed by atoms with Crippen LogP contribution in [0.5, 0.6) is 0 Å². The third-order valence-electron chi connectivity index (χ3n) is 5.37. The number of benzene rings is 1. The minimum Gasteiger partial charge on any atom is -0.455 e. The molecule has 1 amide bonds. The van der Waals surface area contributed by atoms with Crippen LogP contribution in [-0.4, -0.2) is 56.1 Å². The first-order valence-corrected chi connectivity index (χ1v) is 9.86. The van der Waals surface area contributed by atoms with Gasteiger partial charge in [0, 0.05) is 30.0 Å². The number of ether oxygens (including phenoxy) is 1. The van der Waals surface area contributed by atoms with Crippen LogP contribution in [-0.2, 0) is 20.7 Å². The molecular formula is C22H23N5O3. The highest BCUT2D eigenvalue weighted by Gasteiger charge is 2.20. The molecule has 0 saturated carbocycles. The molecule has 0 atom stereocenters. The molecule has 0 fully saturated rings. The minimum absolute atomic E-state index is 0.0335. The van der Waals surface area contributed by atoms with Crippen LogP contribution in [0, 0.1) is 13.8 Å². The maximum Gasteiger partial charge on any atom is 0.310 e. The monoisotopic (exact) mass is 405 g/mol. The molecule has 3 heterocycles. The van der Waals surface area contributed by atoms with Gasteiger partial charge in [0.25, 0.3) is 11.7 Å². The molecule has 2 aromatic heterocycles. The standard InChI is InChI=1S/C22H23N5O3/c1-15-19(16(2)27-22(25-15)23-14-24-27)12-21(29)30-13-20(28)26-10-8-18(9-11-26)17-6-4-3-5-7-17/h3-8,14H,9-13H2,1-2H3. The summed E-state index contributed by atoms with van der Waals surface area (Å²) in [5.74, 6) is -0.163. The number of amides is 1. The maximum atomic E-state index is 12.5. The summed E-state index contributed by atoms with van der Waals surface area (Å²) in [7, 11) is 0. The SMILES string of the molecule is Cc1nc2ncnn2c(C)c1CC(=O)OCC(=O)N1CC=C(c2ccccc2)CC1. The van der Waals surface area contributed by atoms with Crippen LogP contribution in [0.25, 0.3) is 11.4 Å². The van der Waals surface area contributed by atoms with E-state index in [-0.39, 0.29) is 18.9 Å². The van der Waals surface area contributed by atoms with Crippen molar-refractivity contribution in [3.63, 3.8) is 0 Å². The Morgan fingerprint density at radius 1 is 1.17 bits per heavy atom. The Balaban J connectivity index is 1.32. The lowest BCUT2D eigenvalue weighted by Crippen LogP contribution is -2.37. The van der Waals surface area contributed by atoms with E-state index in [0.717, 1.165) is 17.7 Å². The molecule has 0 aliphatic carbocycles. The number of carbonyl (C=O) groups excluding carboxylic acids is 2. The van der Waals surface area contributed by atoms with Crippen molar-refractivity contribution in [1.29, 1.82) is 0 Å². The van der Waals surface area contributed by atoms with Gasteiger partial charge in [-0.25, -0.2) is 9.50 Å². The number of carbonyl (C=O) groups is 2. The molecule has 0 radical (unpaired) electrons. The molecule has 1 aliphatic rings. The van der Waals surface area contributed by atoms with E-state index in [2.05, 4.69) is 33.3 Å². The lowest BCUT2D eigenvalue weighted by atomic mass is 10.00. The van der Waals surface area contributed by atoms with E-state index in [1.807, 2.05) is 32.0 Å². The highest BCUT2D eigenvalue weighted by molar-refractivity contribution is 5.82. The predicted octanol–water partition coefficient (Wildman–Crippen LogP) is 2.14. The van der Waals surface area contributed by atoms with Gasteiger partial charge < -0.3 is 9.64 Å². The molecule has 1 aromatic carbocycles. The van der Waals surface area contributed by atoms with Gasteiger partial charge >= 0.3 is 5.97 Å². The van der Waals surface area contributed by atoms with Gasteiger partial charge in [0.1, 0.15) is 6.33 Å². The Morgan fingerprint density at radius 3 is 2.70 bits per heavy atom. The summed E-state index contributed by atoms with van der Waals surface area (Å²) < 4.78 is 6.84. The maximum absolute atomic E-state index is 12.5. The number of hydrogen-bond acceptors (Lipinski definition) is 6. The van der Waals surface area contributed by atoms with E-state index < -0.39 is 5.97 Å². The number of aryl methyl sites for hydroxylation is 2. The summed E-state index contributed by atoms with van der Waals surface area (Å²) in [4.78, 5) is 34.9. The summed E-state index contributed by atoms with van der Waals surface area (Å²) in [6.07, 6.45) is 4.30. The van der Waals surface area contributed by atoms with Gasteiger partial charge in [-0.3, -0.25) is 9.59 Å². The Labute approximate surface area is 174 Å². The van der Waals surface area contributed by atoms with E-state index in [4.69, 9.17) is 4.74 Å². The van der Waals surface area contributed by atoms with Crippen LogP contribution in [0.3, 0.4) is 0 Å². The number of esters is 1. The Kier molecular flexibility index (Phi) is 5.56. The van der Waals surface area contributed by atoms with Crippen LogP contribution in [0.4, 0.5) is 0 Å². The van der Waals surface area contributed by atoms with Crippen LogP contribution >= 0.6 is 0 Å². The number of nitrogens with zero attached hydrogens (tertiary/aromatic N) is 5. The van der Waals surface area contributed by atoms with Crippen molar-refractivity contribution >= 4 is 23.2 Å². The molecule has 4 rings (SSSR count). The van der Waals surface area contributed by atoms with E-state index >= 15 is 0 Å². The fourth-order valence-electron chi connectivity index (χ4n) is 3.65. The van der Waals surface area contributed by atoms with E-state index in [1.54, 1.807) is 9.42 Å². The van der Waals surface area contributed by atoms with Crippen LogP contribution in [0.2, 0.25) is 0 Å². The van der Waals surface area contributed by atoms with Gasteiger partial charge in [-0.2, -0.15) is 10.1 Å². The fraction of sp³-hybridized carbons (Fsp3) is 0.318. The van der Waals surface area contributed by atoms with Crippen molar-refractivity contribution < 1.29 is 14.3 Å². The summed E-state index contributed by atoms with van der Waals surface area (Å²) in [6.45, 7) is 4.55. The highest BCUT2D eigenvalue weighted by Crippen LogP contribution is 2.22. The van der Waals surface area contributed by atoms with Crippen molar-refractivity contribution in [2.45, 2.75) is 26.7 Å². The molecule has 0 N–H and O–H groups in total. The van der Waals surface area contributed by atoms with Gasteiger partial charge in [0.15, 0.2) is 6.61 Å². The summed E-state index contributed by atoms with van der Waals surface area (Å²) in [5, 5.41) is 4.12. The zero-order valence-electron chi connectivity index (χ0n) is 17.0. The molecule has 154 valence electrons. The lowest BCUT2D eigenvalue weighted by Gasteiger charge is -2.26. The number of hydrogen-bond donors (Lipinski definition) is 0. The highest BCUT2D eigenvalue weighted by atomic mass is 16.5. The van der Waals surface area contributed by atoms with E-state index in [1.165, 1.54) is 17.5 Å². The van der Waals surface area contributed by atoms with E-state index in [0.29, 0.717) is 24.6 Å². The molecule has 8 nitrogen and oxygen atoms in total. The fourth-order valence-corrected chi connectivity index (χ4v) is 3.65. The summed E-state index contributed by atoms with van der Waals surface area (Å²) in [5.41, 5.74) is 4.64. The Morgan fingerprint density at radius 2 is 1.97 bits per heavy atom. The van der Waals surface area contributed by atoms with Crippen molar-refractivity contribution in [1.82, 2.24) is 24.5 Å². The smallest absolute Gasteiger partial charge is 0.310 e. The van der Waals surface area contributed by atoms with Gasteiger partial charge in [0.2, 0.25) is 0 Å². The first kappa shape index (κ1) is 19.8. The molecule has 0 spiro atoms. The van der Waals surface area contributed by atoms with Gasteiger partial charge in [-0.05, 0) is 31.4 Å². The third-order valence-corrected chi connectivity index (χ3v) is 5.37. The van der Waals surface area contributed by atoms with E-state index in [9.17, 15) is 9.59 Å². The van der Waals surface area contributed by atoms with Crippen LogP contribution in [0.15, 0.2) is 42.7 Å². The quantitative estimate of drug-likeness (QED) is 0.604. The Hall–Kier alpha value is -3.55. The predicted molar refractivity (Wildman–Crippen MR) is 111 cm³/mol. The van der Waals surface area contributed by atoms with Crippen molar-refractivity contribution in [2.75, 3.05) is 19.7 Å². The minimum atomic E-state index is -0.464. The summed E-state index contributed by atoms with van der Waals surface area (Å²) in [6, 6.07) is 10.1. The third kappa shape index (κ3) is 4.07. The lowest BCUT2D eigenvalue weighted by molar-refractivity contribution is -0.151. The molecular weight excluding hydrogens is 382 g/mol. The summed E-state index contributed by atoms with van der Waals surface area (Å²) >= 11 is 0. The molecule has 1 aliphatic heterocycles. The van der Waals surface area contributed by atoms with Gasteiger partial charge in [-0.15, -0.1) is 0 Å². The zero-order chi connectivity index (χ0) is 21.1. The largest absolute Gasteiger partial charge is 0.455 e. The second kappa shape index (κ2) is 8.44. The zero-order valence-corrected chi connectivity index (χ0v) is 17.0. The van der Waals surface area contributed by atoms with Crippen molar-refractivity contribution in [3.8, 4) is 0 Å². The Bertz CT molecular complexity index is 1120. The van der Waals surface area contributed by atoms with Crippen LogP contribution < -0.4 is 0 Å². The number of aromatic nitrogens is 4. The van der Waals surface area contributed by atoms with Gasteiger partial charge in [-0.1, -0.05) is 36.4 Å². The molecule has 8 heteroatoms. The first-order chi connectivity index (χ1) is 14.5. The normalized spacial score (nSPS) is 13.9. The molecule has 30 heavy (non-hydrogen) atoms. The second-order valence-corrected chi connectivity index (χ2v) is 7.26. The molecule has 0 unspecified atom stereocenters. The average Bonchev–Trinajstić information content (AvgIpc) is 3.24. The number of rotatable bonds is 5. The van der Waals surface area contributed by atoms with Crippen molar-refractivity contribution in [2.24, 2.45) is 0 Å². The average molecular weight is 405 g/mol. The second-order valence-electron chi connectivity index (χ2n) is 7.26.